The fraction of sp³-hybridized carbons (Fsp3) is 0.250. The van der Waals surface area contributed by atoms with Crippen molar-refractivity contribution in [3.05, 3.63) is 34.4 Å². The summed E-state index contributed by atoms with van der Waals surface area (Å²) >= 11 is 3.44. The maximum atomic E-state index is 11.2. The van der Waals surface area contributed by atoms with Crippen LogP contribution < -0.4 is 11.1 Å². The minimum Gasteiger partial charge on any atom is -0.368 e. The number of benzene rings is 1. The molecule has 0 aliphatic rings. The van der Waals surface area contributed by atoms with Gasteiger partial charge in [-0.25, -0.2) is 0 Å². The van der Waals surface area contributed by atoms with Gasteiger partial charge in [-0.1, -0.05) is 15.9 Å². The molecule has 2 rings (SSSR count). The summed E-state index contributed by atoms with van der Waals surface area (Å²) in [5, 5.41) is 4.03. The molecule has 1 atom stereocenters. The molecular formula is C12H14BrN3O. The van der Waals surface area contributed by atoms with Crippen LogP contribution in [-0.2, 0) is 11.2 Å². The van der Waals surface area contributed by atoms with Crippen LogP contribution in [0, 0.1) is 0 Å². The highest BCUT2D eigenvalue weighted by molar-refractivity contribution is 9.10. The van der Waals surface area contributed by atoms with Crippen LogP contribution in [-0.4, -0.2) is 24.0 Å². The van der Waals surface area contributed by atoms with E-state index in [4.69, 9.17) is 5.73 Å². The van der Waals surface area contributed by atoms with Gasteiger partial charge in [0.05, 0.1) is 6.04 Å². The average molecular weight is 296 g/mol. The molecule has 4 N–H and O–H groups in total. The van der Waals surface area contributed by atoms with Crippen LogP contribution in [0.5, 0.6) is 0 Å². The van der Waals surface area contributed by atoms with Crippen molar-refractivity contribution >= 4 is 32.7 Å². The van der Waals surface area contributed by atoms with Crippen molar-refractivity contribution < 1.29 is 4.79 Å². The first-order valence-electron chi connectivity index (χ1n) is 5.34. The number of carbonyl (C=O) groups is 1. The zero-order valence-corrected chi connectivity index (χ0v) is 11.0. The molecular weight excluding hydrogens is 282 g/mol. The minimum atomic E-state index is -0.340. The monoisotopic (exact) mass is 295 g/mol. The summed E-state index contributed by atoms with van der Waals surface area (Å²) in [7, 11) is 1.74. The number of halogens is 1. The highest BCUT2D eigenvalue weighted by Gasteiger charge is 2.15. The summed E-state index contributed by atoms with van der Waals surface area (Å²) in [6, 6.07) is 5.68. The van der Waals surface area contributed by atoms with E-state index < -0.39 is 0 Å². The topological polar surface area (TPSA) is 70.9 Å². The Morgan fingerprint density at radius 3 is 3.00 bits per heavy atom. The van der Waals surface area contributed by atoms with Crippen molar-refractivity contribution in [1.82, 2.24) is 10.3 Å². The van der Waals surface area contributed by atoms with Gasteiger partial charge in [-0.15, -0.1) is 0 Å². The molecule has 0 fully saturated rings. The Bertz CT molecular complexity index is 550. The van der Waals surface area contributed by atoms with Gasteiger partial charge in [0.25, 0.3) is 0 Å². The smallest absolute Gasteiger partial charge is 0.234 e. The van der Waals surface area contributed by atoms with Crippen LogP contribution in [0.2, 0.25) is 0 Å². The Morgan fingerprint density at radius 2 is 2.35 bits per heavy atom. The number of nitrogens with two attached hydrogens (primary N) is 1. The lowest BCUT2D eigenvalue weighted by molar-refractivity contribution is -0.119. The van der Waals surface area contributed by atoms with Crippen LogP contribution >= 0.6 is 15.9 Å². The Hall–Kier alpha value is -1.33. The van der Waals surface area contributed by atoms with E-state index in [-0.39, 0.29) is 11.9 Å². The summed E-state index contributed by atoms with van der Waals surface area (Å²) in [4.78, 5) is 14.4. The lowest BCUT2D eigenvalue weighted by atomic mass is 10.0. The molecule has 0 spiro atoms. The summed E-state index contributed by atoms with van der Waals surface area (Å²) in [6.45, 7) is 0. The number of likely N-dealkylation sites (N-methyl/N-ethyl adjacent to an activating group) is 1. The molecule has 1 aromatic carbocycles. The quantitative estimate of drug-likeness (QED) is 0.801. The molecule has 1 aromatic heterocycles. The third-order valence-corrected chi connectivity index (χ3v) is 3.34. The molecule has 1 unspecified atom stereocenters. The predicted molar refractivity (Wildman–Crippen MR) is 71.7 cm³/mol. The van der Waals surface area contributed by atoms with Gasteiger partial charge in [0.1, 0.15) is 0 Å². The Balaban J connectivity index is 2.35. The Labute approximate surface area is 108 Å². The van der Waals surface area contributed by atoms with Gasteiger partial charge in [-0.2, -0.15) is 0 Å². The first-order valence-corrected chi connectivity index (χ1v) is 6.13. The molecule has 4 nitrogen and oxygen atoms in total. The van der Waals surface area contributed by atoms with Gasteiger partial charge in [0, 0.05) is 21.6 Å². The fourth-order valence-corrected chi connectivity index (χ4v) is 2.25. The normalized spacial score (nSPS) is 12.8. The van der Waals surface area contributed by atoms with E-state index in [0.29, 0.717) is 6.42 Å². The van der Waals surface area contributed by atoms with E-state index >= 15 is 0 Å². The summed E-state index contributed by atoms with van der Waals surface area (Å²) in [5.41, 5.74) is 7.46. The van der Waals surface area contributed by atoms with Gasteiger partial charge in [0.15, 0.2) is 0 Å². The summed E-state index contributed by atoms with van der Waals surface area (Å²) in [6.07, 6.45) is 2.51. The number of H-pyrrole nitrogens is 1. The molecule has 0 saturated carbocycles. The Morgan fingerprint density at radius 1 is 1.59 bits per heavy atom. The van der Waals surface area contributed by atoms with Gasteiger partial charge in [-0.3, -0.25) is 4.79 Å². The van der Waals surface area contributed by atoms with Gasteiger partial charge < -0.3 is 16.0 Å². The van der Waals surface area contributed by atoms with Crippen LogP contribution in [0.1, 0.15) is 5.56 Å². The lowest BCUT2D eigenvalue weighted by Crippen LogP contribution is -2.40. The molecule has 0 aliphatic carbocycles. The van der Waals surface area contributed by atoms with Crippen molar-refractivity contribution in [2.45, 2.75) is 12.5 Å². The predicted octanol–water partition coefficient (Wildman–Crippen LogP) is 1.55. The van der Waals surface area contributed by atoms with E-state index in [1.165, 1.54) is 0 Å². The molecule has 17 heavy (non-hydrogen) atoms. The van der Waals surface area contributed by atoms with Gasteiger partial charge >= 0.3 is 0 Å². The van der Waals surface area contributed by atoms with Gasteiger partial charge in [-0.05, 0) is 37.2 Å². The molecule has 2 aromatic rings. The summed E-state index contributed by atoms with van der Waals surface area (Å²) < 4.78 is 1.02. The van der Waals surface area contributed by atoms with E-state index in [1.54, 1.807) is 7.05 Å². The van der Waals surface area contributed by atoms with Crippen molar-refractivity contribution in [3.8, 4) is 0 Å². The molecule has 0 radical (unpaired) electrons. The van der Waals surface area contributed by atoms with Crippen LogP contribution in [0.4, 0.5) is 0 Å². The number of hydrogen-bond acceptors (Lipinski definition) is 2. The largest absolute Gasteiger partial charge is 0.368 e. The Kier molecular flexibility index (Phi) is 3.49. The van der Waals surface area contributed by atoms with E-state index in [0.717, 1.165) is 20.9 Å². The highest BCUT2D eigenvalue weighted by Crippen LogP contribution is 2.23. The zero-order valence-electron chi connectivity index (χ0n) is 9.46. The van der Waals surface area contributed by atoms with Crippen LogP contribution in [0.3, 0.4) is 0 Å². The standard InChI is InChI=1S/C12H14BrN3O/c1-15-11(12(14)17)4-7-6-16-10-3-2-8(13)5-9(7)10/h2-3,5-6,11,15-16H,4H2,1H3,(H2,14,17). The number of rotatable bonds is 4. The van der Waals surface area contributed by atoms with E-state index in [9.17, 15) is 4.79 Å². The maximum absolute atomic E-state index is 11.2. The number of primary amides is 1. The second-order valence-electron chi connectivity index (χ2n) is 3.95. The zero-order chi connectivity index (χ0) is 12.4. The molecule has 0 bridgehead atoms. The second-order valence-corrected chi connectivity index (χ2v) is 4.87. The number of fused-ring (bicyclic) bond motifs is 1. The third kappa shape index (κ3) is 2.50. The molecule has 1 amide bonds. The van der Waals surface area contributed by atoms with E-state index in [1.807, 2.05) is 24.4 Å². The van der Waals surface area contributed by atoms with Crippen molar-refractivity contribution in [1.29, 1.82) is 0 Å². The number of aromatic amines is 1. The van der Waals surface area contributed by atoms with Crippen molar-refractivity contribution in [2.75, 3.05) is 7.05 Å². The fourth-order valence-electron chi connectivity index (χ4n) is 1.88. The van der Waals surface area contributed by atoms with Crippen molar-refractivity contribution in [3.63, 3.8) is 0 Å². The van der Waals surface area contributed by atoms with Crippen LogP contribution in [0.15, 0.2) is 28.9 Å². The van der Waals surface area contributed by atoms with Crippen LogP contribution in [0.25, 0.3) is 10.9 Å². The first kappa shape index (κ1) is 12.1. The lowest BCUT2D eigenvalue weighted by Gasteiger charge is -2.11. The first-order chi connectivity index (χ1) is 8.11. The number of hydrogen-bond donors (Lipinski definition) is 3. The molecule has 0 saturated heterocycles. The summed E-state index contributed by atoms with van der Waals surface area (Å²) in [5.74, 6) is -0.336. The number of nitrogens with one attached hydrogen (secondary N) is 2. The van der Waals surface area contributed by atoms with Crippen molar-refractivity contribution in [2.24, 2.45) is 5.73 Å². The molecule has 5 heteroatoms. The van der Waals surface area contributed by atoms with E-state index in [2.05, 4.69) is 26.2 Å². The number of aromatic nitrogens is 1. The maximum Gasteiger partial charge on any atom is 0.234 e. The molecule has 0 aliphatic heterocycles. The number of amides is 1. The minimum absolute atomic E-state index is 0.336. The highest BCUT2D eigenvalue weighted by atomic mass is 79.9. The van der Waals surface area contributed by atoms with Gasteiger partial charge in [0.2, 0.25) is 5.91 Å². The average Bonchev–Trinajstić information content (AvgIpc) is 2.68. The molecule has 90 valence electrons. The molecule has 1 heterocycles. The third-order valence-electron chi connectivity index (χ3n) is 2.85. The number of carbonyl (C=O) groups excluding carboxylic acids is 1. The SMILES string of the molecule is CNC(Cc1c[nH]c2ccc(Br)cc12)C(N)=O. The second kappa shape index (κ2) is 4.89.